The third-order valence-corrected chi connectivity index (χ3v) is 4.85. The van der Waals surface area contributed by atoms with Crippen molar-refractivity contribution in [1.82, 2.24) is 5.32 Å². The number of benzene rings is 2. The van der Waals surface area contributed by atoms with Crippen LogP contribution in [0.2, 0.25) is 10.0 Å². The number of halogens is 2. The number of rotatable bonds is 12. The highest BCUT2D eigenvalue weighted by molar-refractivity contribution is 6.31. The monoisotopic (exact) mass is 409 g/mol. The molecule has 2 rings (SSSR count). The van der Waals surface area contributed by atoms with Gasteiger partial charge in [-0.2, -0.15) is 0 Å². The molecule has 148 valence electrons. The van der Waals surface area contributed by atoms with Gasteiger partial charge in [-0.05, 0) is 49.2 Å². The quantitative estimate of drug-likeness (QED) is 0.398. The van der Waals surface area contributed by atoms with Crippen molar-refractivity contribution < 1.29 is 9.47 Å². The largest absolute Gasteiger partial charge is 0.490 e. The van der Waals surface area contributed by atoms with Crippen LogP contribution in [0.25, 0.3) is 0 Å². The Morgan fingerprint density at radius 2 is 1.63 bits per heavy atom. The Morgan fingerprint density at radius 1 is 0.889 bits per heavy atom. The van der Waals surface area contributed by atoms with E-state index in [2.05, 4.69) is 12.2 Å². The van der Waals surface area contributed by atoms with Gasteiger partial charge >= 0.3 is 0 Å². The van der Waals surface area contributed by atoms with Crippen LogP contribution in [0.3, 0.4) is 0 Å². The summed E-state index contributed by atoms with van der Waals surface area (Å²) in [5.41, 5.74) is 2.06. The Morgan fingerprint density at radius 3 is 2.33 bits per heavy atom. The predicted octanol–water partition coefficient (Wildman–Crippen LogP) is 6.64. The van der Waals surface area contributed by atoms with E-state index >= 15 is 0 Å². The van der Waals surface area contributed by atoms with Crippen molar-refractivity contribution in [3.8, 4) is 11.5 Å². The molecule has 0 atom stereocenters. The van der Waals surface area contributed by atoms with Gasteiger partial charge in [0.2, 0.25) is 0 Å². The summed E-state index contributed by atoms with van der Waals surface area (Å²) in [6.07, 6.45) is 4.99. The number of unbranched alkanes of at least 4 members (excludes halogenated alkanes) is 3. The molecule has 2 aromatic carbocycles. The number of hydrogen-bond donors (Lipinski definition) is 1. The summed E-state index contributed by atoms with van der Waals surface area (Å²) < 4.78 is 11.7. The van der Waals surface area contributed by atoms with Crippen molar-refractivity contribution in [3.05, 3.63) is 57.6 Å². The number of hydrogen-bond acceptors (Lipinski definition) is 3. The van der Waals surface area contributed by atoms with E-state index in [1.807, 2.05) is 43.3 Å². The second kappa shape index (κ2) is 12.1. The lowest BCUT2D eigenvalue weighted by Gasteiger charge is -2.15. The fraction of sp³-hybridized carbons (Fsp3) is 0.455. The van der Waals surface area contributed by atoms with Crippen molar-refractivity contribution >= 4 is 23.2 Å². The fourth-order valence-corrected chi connectivity index (χ4v) is 3.08. The van der Waals surface area contributed by atoms with E-state index in [4.69, 9.17) is 32.7 Å². The van der Waals surface area contributed by atoms with Crippen LogP contribution < -0.4 is 14.8 Å². The molecule has 0 saturated heterocycles. The Kier molecular flexibility index (Phi) is 9.82. The van der Waals surface area contributed by atoms with Crippen LogP contribution in [0.5, 0.6) is 11.5 Å². The maximum Gasteiger partial charge on any atom is 0.163 e. The molecule has 0 saturated carbocycles. The van der Waals surface area contributed by atoms with Crippen molar-refractivity contribution in [2.45, 2.75) is 52.7 Å². The van der Waals surface area contributed by atoms with Crippen LogP contribution >= 0.6 is 23.2 Å². The smallest absolute Gasteiger partial charge is 0.163 e. The molecule has 0 radical (unpaired) electrons. The summed E-state index contributed by atoms with van der Waals surface area (Å²) in [7, 11) is 0. The molecule has 0 aliphatic heterocycles. The average molecular weight is 410 g/mol. The summed E-state index contributed by atoms with van der Waals surface area (Å²) in [6.45, 7) is 6.91. The molecule has 0 bridgehead atoms. The lowest BCUT2D eigenvalue weighted by Crippen LogP contribution is -2.15. The lowest BCUT2D eigenvalue weighted by atomic mass is 10.1. The SMILES string of the molecule is CCCCCCNCc1cc(OCC)c(OCc2ccc(Cl)cc2)cc1Cl. The molecular weight excluding hydrogens is 381 g/mol. The number of nitrogens with one attached hydrogen (secondary N) is 1. The Bertz CT molecular complexity index is 689. The van der Waals surface area contributed by atoms with Gasteiger partial charge in [0, 0.05) is 22.7 Å². The van der Waals surface area contributed by atoms with Gasteiger partial charge < -0.3 is 14.8 Å². The zero-order chi connectivity index (χ0) is 19.5. The third-order valence-electron chi connectivity index (χ3n) is 4.24. The van der Waals surface area contributed by atoms with Crippen molar-refractivity contribution in [1.29, 1.82) is 0 Å². The standard InChI is InChI=1S/C22H29Cl2NO2/c1-3-5-6-7-12-25-15-18-13-21(26-4-2)22(14-20(18)24)27-16-17-8-10-19(23)11-9-17/h8-11,13-14,25H,3-7,12,15-16H2,1-2H3. The summed E-state index contributed by atoms with van der Waals surface area (Å²) in [5, 5.41) is 4.86. The van der Waals surface area contributed by atoms with Gasteiger partial charge in [0.05, 0.1) is 6.61 Å². The second-order valence-corrected chi connectivity index (χ2v) is 7.32. The first-order valence-corrected chi connectivity index (χ1v) is 10.4. The predicted molar refractivity (Wildman–Crippen MR) is 114 cm³/mol. The van der Waals surface area contributed by atoms with Crippen molar-refractivity contribution in [2.24, 2.45) is 0 Å². The summed E-state index contributed by atoms with van der Waals surface area (Å²) in [4.78, 5) is 0. The number of ether oxygens (including phenoxy) is 2. The molecule has 3 nitrogen and oxygen atoms in total. The van der Waals surface area contributed by atoms with E-state index in [0.717, 1.165) is 30.0 Å². The normalized spacial score (nSPS) is 10.8. The Labute approximate surface area is 173 Å². The first kappa shape index (κ1) is 21.9. The molecule has 0 amide bonds. The molecule has 27 heavy (non-hydrogen) atoms. The van der Waals surface area contributed by atoms with Crippen LogP contribution in [0.1, 0.15) is 50.7 Å². The fourth-order valence-electron chi connectivity index (χ4n) is 2.74. The minimum atomic E-state index is 0.433. The zero-order valence-corrected chi connectivity index (χ0v) is 17.7. The molecule has 0 unspecified atom stereocenters. The molecule has 1 N–H and O–H groups in total. The van der Waals surface area contributed by atoms with Gasteiger partial charge in [-0.1, -0.05) is 61.5 Å². The Hall–Kier alpha value is -1.42. The van der Waals surface area contributed by atoms with Crippen LogP contribution in [0.15, 0.2) is 36.4 Å². The summed E-state index contributed by atoms with van der Waals surface area (Å²) >= 11 is 12.4. The van der Waals surface area contributed by atoms with E-state index in [1.165, 1.54) is 25.7 Å². The van der Waals surface area contributed by atoms with Gasteiger partial charge in [0.25, 0.3) is 0 Å². The zero-order valence-electron chi connectivity index (χ0n) is 16.2. The lowest BCUT2D eigenvalue weighted by molar-refractivity contribution is 0.269. The maximum absolute atomic E-state index is 6.47. The van der Waals surface area contributed by atoms with Crippen LogP contribution in [-0.2, 0) is 13.2 Å². The van der Waals surface area contributed by atoms with Crippen LogP contribution in [-0.4, -0.2) is 13.2 Å². The summed E-state index contributed by atoms with van der Waals surface area (Å²) in [5.74, 6) is 1.38. The molecule has 5 heteroatoms. The second-order valence-electron chi connectivity index (χ2n) is 6.48. The molecule has 0 heterocycles. The average Bonchev–Trinajstić information content (AvgIpc) is 2.67. The molecule has 2 aromatic rings. The van der Waals surface area contributed by atoms with Gasteiger partial charge in [-0.3, -0.25) is 0 Å². The first-order valence-electron chi connectivity index (χ1n) is 9.67. The maximum atomic E-state index is 6.47. The topological polar surface area (TPSA) is 30.5 Å². The highest BCUT2D eigenvalue weighted by Gasteiger charge is 2.11. The van der Waals surface area contributed by atoms with Gasteiger partial charge in [-0.15, -0.1) is 0 Å². The molecular formula is C22H29Cl2NO2. The molecule has 0 fully saturated rings. The third kappa shape index (κ3) is 7.61. The van der Waals surface area contributed by atoms with Crippen molar-refractivity contribution in [2.75, 3.05) is 13.2 Å². The van der Waals surface area contributed by atoms with Gasteiger partial charge in [0.1, 0.15) is 6.61 Å². The highest BCUT2D eigenvalue weighted by atomic mass is 35.5. The van der Waals surface area contributed by atoms with Crippen LogP contribution in [0.4, 0.5) is 0 Å². The minimum Gasteiger partial charge on any atom is -0.490 e. The van der Waals surface area contributed by atoms with Crippen molar-refractivity contribution in [3.63, 3.8) is 0 Å². The van der Waals surface area contributed by atoms with E-state index in [1.54, 1.807) is 0 Å². The Balaban J connectivity index is 1.98. The van der Waals surface area contributed by atoms with E-state index < -0.39 is 0 Å². The van der Waals surface area contributed by atoms with Crippen LogP contribution in [0, 0.1) is 0 Å². The molecule has 0 aliphatic carbocycles. The van der Waals surface area contributed by atoms with E-state index in [9.17, 15) is 0 Å². The molecule has 0 aromatic heterocycles. The highest BCUT2D eigenvalue weighted by Crippen LogP contribution is 2.34. The first-order chi connectivity index (χ1) is 13.1. The molecule has 0 aliphatic rings. The molecule has 0 spiro atoms. The minimum absolute atomic E-state index is 0.433. The summed E-state index contributed by atoms with van der Waals surface area (Å²) in [6, 6.07) is 11.4. The van der Waals surface area contributed by atoms with E-state index in [-0.39, 0.29) is 0 Å². The van der Waals surface area contributed by atoms with Gasteiger partial charge in [0.15, 0.2) is 11.5 Å². The van der Waals surface area contributed by atoms with E-state index in [0.29, 0.717) is 29.0 Å². The van der Waals surface area contributed by atoms with Gasteiger partial charge in [-0.25, -0.2) is 0 Å².